The summed E-state index contributed by atoms with van der Waals surface area (Å²) in [5.74, 6) is -0.383. The maximum Gasteiger partial charge on any atom is 0.338 e. The molecule has 19 heavy (non-hydrogen) atoms. The van der Waals surface area contributed by atoms with Crippen LogP contribution in [0.4, 0.5) is 0 Å². The van der Waals surface area contributed by atoms with Crippen molar-refractivity contribution in [2.45, 2.75) is 33.0 Å². The highest BCUT2D eigenvalue weighted by Crippen LogP contribution is 2.24. The highest BCUT2D eigenvalue weighted by Gasteiger charge is 2.32. The number of ether oxygens (including phenoxy) is 3. The summed E-state index contributed by atoms with van der Waals surface area (Å²) in [7, 11) is 0. The lowest BCUT2D eigenvalue weighted by Crippen LogP contribution is -2.34. The zero-order valence-electron chi connectivity index (χ0n) is 11.8. The Morgan fingerprint density at radius 1 is 1.00 bits per heavy atom. The summed E-state index contributed by atoms with van der Waals surface area (Å²) in [6.45, 7) is 6.78. The zero-order chi connectivity index (χ0) is 14.1. The second kappa shape index (κ2) is 8.67. The molecule has 0 aromatic heterocycles. The van der Waals surface area contributed by atoms with E-state index in [1.165, 1.54) is 0 Å². The van der Waals surface area contributed by atoms with Crippen molar-refractivity contribution >= 4 is 5.97 Å². The van der Waals surface area contributed by atoms with Crippen LogP contribution in [0.15, 0.2) is 30.3 Å². The van der Waals surface area contributed by atoms with E-state index in [2.05, 4.69) is 0 Å². The van der Waals surface area contributed by atoms with Crippen molar-refractivity contribution < 1.29 is 19.0 Å². The van der Waals surface area contributed by atoms with Gasteiger partial charge in [-0.05, 0) is 26.3 Å². The Morgan fingerprint density at radius 2 is 1.63 bits per heavy atom. The number of hydrogen-bond donors (Lipinski definition) is 0. The average Bonchev–Trinajstić information content (AvgIpc) is 2.44. The van der Waals surface area contributed by atoms with E-state index in [0.29, 0.717) is 19.8 Å². The summed E-state index contributed by atoms with van der Waals surface area (Å²) in [5, 5.41) is 0. The van der Waals surface area contributed by atoms with Gasteiger partial charge in [-0.3, -0.25) is 0 Å². The summed E-state index contributed by atoms with van der Waals surface area (Å²) < 4.78 is 16.3. The molecule has 0 N–H and O–H groups in total. The van der Waals surface area contributed by atoms with E-state index < -0.39 is 12.2 Å². The number of rotatable bonds is 8. The first-order chi connectivity index (χ1) is 9.24. The summed E-state index contributed by atoms with van der Waals surface area (Å²) >= 11 is 0. The van der Waals surface area contributed by atoms with Gasteiger partial charge in [0.15, 0.2) is 6.10 Å². The number of hydrogen-bond acceptors (Lipinski definition) is 4. The predicted octanol–water partition coefficient (Wildman–Crippen LogP) is 2.73. The molecule has 106 valence electrons. The molecule has 4 nitrogen and oxygen atoms in total. The van der Waals surface area contributed by atoms with Gasteiger partial charge in [-0.15, -0.1) is 0 Å². The van der Waals surface area contributed by atoms with E-state index in [1.807, 2.05) is 44.2 Å². The first-order valence-electron chi connectivity index (χ1n) is 6.69. The molecule has 0 fully saturated rings. The molecule has 1 aromatic rings. The first kappa shape index (κ1) is 15.7. The average molecular weight is 266 g/mol. The van der Waals surface area contributed by atoms with Crippen LogP contribution in [0.1, 0.15) is 32.4 Å². The normalized spacial score (nSPS) is 13.8. The lowest BCUT2D eigenvalue weighted by atomic mass is 10.0. The fourth-order valence-electron chi connectivity index (χ4n) is 1.86. The molecule has 0 heterocycles. The van der Waals surface area contributed by atoms with Gasteiger partial charge < -0.3 is 14.2 Å². The molecule has 1 aromatic carbocycles. The van der Waals surface area contributed by atoms with Crippen molar-refractivity contribution in [2.24, 2.45) is 0 Å². The summed E-state index contributed by atoms with van der Waals surface area (Å²) in [5.41, 5.74) is 0.913. The van der Waals surface area contributed by atoms with Gasteiger partial charge in [0.25, 0.3) is 0 Å². The number of carbonyl (C=O) groups is 1. The van der Waals surface area contributed by atoms with Crippen molar-refractivity contribution in [3.05, 3.63) is 35.9 Å². The quantitative estimate of drug-likeness (QED) is 0.679. The van der Waals surface area contributed by atoms with Crippen LogP contribution in [0.2, 0.25) is 0 Å². The van der Waals surface area contributed by atoms with E-state index in [1.54, 1.807) is 6.92 Å². The van der Waals surface area contributed by atoms with Crippen LogP contribution in [-0.2, 0) is 19.0 Å². The van der Waals surface area contributed by atoms with E-state index in [-0.39, 0.29) is 5.97 Å². The molecule has 0 radical (unpaired) electrons. The van der Waals surface area contributed by atoms with Crippen LogP contribution in [0.5, 0.6) is 0 Å². The molecule has 0 saturated heterocycles. The van der Waals surface area contributed by atoms with E-state index in [4.69, 9.17) is 14.2 Å². The van der Waals surface area contributed by atoms with E-state index in [9.17, 15) is 4.79 Å². The molecular weight excluding hydrogens is 244 g/mol. The van der Waals surface area contributed by atoms with Crippen LogP contribution < -0.4 is 0 Å². The fraction of sp³-hybridized carbons (Fsp3) is 0.533. The van der Waals surface area contributed by atoms with Crippen LogP contribution in [0.25, 0.3) is 0 Å². The standard InChI is InChI=1S/C15H22O4/c1-4-17-13(12-10-8-7-9-11-12)14(18-5-2)15(16)19-6-3/h7-11,13-14H,4-6H2,1-3H3/t13-,14+/m1/s1. The second-order valence-corrected chi connectivity index (χ2v) is 3.91. The summed E-state index contributed by atoms with van der Waals surface area (Å²) in [6.07, 6.45) is -1.17. The second-order valence-electron chi connectivity index (χ2n) is 3.91. The minimum Gasteiger partial charge on any atom is -0.464 e. The maximum absolute atomic E-state index is 12.0. The third-order valence-electron chi connectivity index (χ3n) is 2.61. The lowest BCUT2D eigenvalue weighted by molar-refractivity contribution is -0.168. The summed E-state index contributed by atoms with van der Waals surface area (Å²) in [4.78, 5) is 12.0. The van der Waals surface area contributed by atoms with Gasteiger partial charge in [-0.1, -0.05) is 30.3 Å². The molecule has 0 bridgehead atoms. The number of benzene rings is 1. The number of carbonyl (C=O) groups excluding carboxylic acids is 1. The van der Waals surface area contributed by atoms with Gasteiger partial charge in [0, 0.05) is 13.2 Å². The highest BCUT2D eigenvalue weighted by atomic mass is 16.6. The minimum absolute atomic E-state index is 0.329. The van der Waals surface area contributed by atoms with Gasteiger partial charge >= 0.3 is 5.97 Å². The monoisotopic (exact) mass is 266 g/mol. The molecule has 4 heteroatoms. The highest BCUT2D eigenvalue weighted by molar-refractivity contribution is 5.75. The molecule has 1 rings (SSSR count). The van der Waals surface area contributed by atoms with Gasteiger partial charge in [0.05, 0.1) is 6.61 Å². The Balaban J connectivity index is 2.95. The molecule has 0 unspecified atom stereocenters. The van der Waals surface area contributed by atoms with Crippen molar-refractivity contribution in [1.82, 2.24) is 0 Å². The Morgan fingerprint density at radius 3 is 2.16 bits per heavy atom. The van der Waals surface area contributed by atoms with Crippen LogP contribution >= 0.6 is 0 Å². The van der Waals surface area contributed by atoms with Crippen LogP contribution in [0.3, 0.4) is 0 Å². The summed E-state index contributed by atoms with van der Waals surface area (Å²) in [6, 6.07) is 9.59. The molecule has 0 spiro atoms. The lowest BCUT2D eigenvalue weighted by Gasteiger charge is -2.25. The minimum atomic E-state index is -0.729. The van der Waals surface area contributed by atoms with E-state index in [0.717, 1.165) is 5.56 Å². The number of esters is 1. The Labute approximate surface area is 114 Å². The Bertz CT molecular complexity index is 364. The third-order valence-corrected chi connectivity index (χ3v) is 2.61. The van der Waals surface area contributed by atoms with Crippen LogP contribution in [0, 0.1) is 0 Å². The molecular formula is C15H22O4. The first-order valence-corrected chi connectivity index (χ1v) is 6.69. The smallest absolute Gasteiger partial charge is 0.338 e. The van der Waals surface area contributed by atoms with Gasteiger partial charge in [-0.2, -0.15) is 0 Å². The van der Waals surface area contributed by atoms with Crippen molar-refractivity contribution in [3.8, 4) is 0 Å². The van der Waals surface area contributed by atoms with Crippen molar-refractivity contribution in [3.63, 3.8) is 0 Å². The van der Waals surface area contributed by atoms with E-state index >= 15 is 0 Å². The maximum atomic E-state index is 12.0. The van der Waals surface area contributed by atoms with Gasteiger partial charge in [0.2, 0.25) is 0 Å². The van der Waals surface area contributed by atoms with Crippen molar-refractivity contribution in [1.29, 1.82) is 0 Å². The predicted molar refractivity (Wildman–Crippen MR) is 72.9 cm³/mol. The Hall–Kier alpha value is -1.39. The molecule has 0 aliphatic heterocycles. The Kier molecular flexibility index (Phi) is 7.15. The van der Waals surface area contributed by atoms with Gasteiger partial charge in [-0.25, -0.2) is 4.79 Å². The fourth-order valence-corrected chi connectivity index (χ4v) is 1.86. The molecule has 0 amide bonds. The van der Waals surface area contributed by atoms with Crippen LogP contribution in [-0.4, -0.2) is 31.9 Å². The third kappa shape index (κ3) is 4.65. The molecule has 0 saturated carbocycles. The molecule has 2 atom stereocenters. The zero-order valence-corrected chi connectivity index (χ0v) is 11.8. The SMILES string of the molecule is CCOC(=O)[C@@H](OCC)[C@H](OCC)c1ccccc1. The largest absolute Gasteiger partial charge is 0.464 e. The van der Waals surface area contributed by atoms with Crippen molar-refractivity contribution in [2.75, 3.05) is 19.8 Å². The van der Waals surface area contributed by atoms with Gasteiger partial charge in [0.1, 0.15) is 6.10 Å². The molecule has 0 aliphatic carbocycles. The molecule has 0 aliphatic rings. The topological polar surface area (TPSA) is 44.8 Å².